The van der Waals surface area contributed by atoms with Crippen molar-refractivity contribution in [1.82, 2.24) is 14.8 Å². The van der Waals surface area contributed by atoms with Gasteiger partial charge in [0.05, 0.1) is 12.0 Å². The lowest BCUT2D eigenvalue weighted by molar-refractivity contribution is -0.141. The maximum atomic E-state index is 13.9. The number of carbonyl (C=O) groups excluding carboxylic acids is 1. The molecule has 1 aliphatic heterocycles. The normalized spacial score (nSPS) is 21.9. The number of rotatable bonds is 5. The number of H-pyrrole nitrogens is 1. The number of amides is 1. The van der Waals surface area contributed by atoms with Crippen LogP contribution in [-0.2, 0) is 23.2 Å². The molecule has 1 atom stereocenters. The van der Waals surface area contributed by atoms with Crippen molar-refractivity contribution < 1.29 is 9.18 Å². The summed E-state index contributed by atoms with van der Waals surface area (Å²) in [5.41, 5.74) is 5.49. The third-order valence-electron chi connectivity index (χ3n) is 9.02. The third-order valence-corrected chi connectivity index (χ3v) is 9.27. The van der Waals surface area contributed by atoms with Crippen LogP contribution in [-0.4, -0.2) is 41.3 Å². The van der Waals surface area contributed by atoms with Crippen LogP contribution in [0.15, 0.2) is 72.8 Å². The van der Waals surface area contributed by atoms with Gasteiger partial charge in [-0.25, -0.2) is 4.39 Å². The molecule has 4 nitrogen and oxygen atoms in total. The smallest absolute Gasteiger partial charge is 0.227 e. The van der Waals surface area contributed by atoms with Crippen LogP contribution in [0.5, 0.6) is 0 Å². The molecule has 6 rings (SSSR count). The molecule has 39 heavy (non-hydrogen) atoms. The SMILES string of the molecule is CN(C)C(c1ccc(Cl)cc1)C1CCC2(CC1)c1[nH]c3ccccc3c1CCN2C(=O)Cc1ccc(F)cc1. The number of halogens is 2. The second-order valence-electron chi connectivity index (χ2n) is 11.5. The second-order valence-corrected chi connectivity index (χ2v) is 11.9. The zero-order chi connectivity index (χ0) is 27.1. The van der Waals surface area contributed by atoms with E-state index in [4.69, 9.17) is 11.6 Å². The topological polar surface area (TPSA) is 39.3 Å². The van der Waals surface area contributed by atoms with E-state index in [2.05, 4.69) is 65.3 Å². The van der Waals surface area contributed by atoms with Crippen molar-refractivity contribution in [3.63, 3.8) is 0 Å². The van der Waals surface area contributed by atoms with Crippen molar-refractivity contribution in [3.05, 3.63) is 106 Å². The molecule has 0 saturated heterocycles. The van der Waals surface area contributed by atoms with Crippen LogP contribution >= 0.6 is 11.6 Å². The summed E-state index contributed by atoms with van der Waals surface area (Å²) < 4.78 is 13.5. The summed E-state index contributed by atoms with van der Waals surface area (Å²) in [5, 5.41) is 2.02. The lowest BCUT2D eigenvalue weighted by Crippen LogP contribution is -2.56. The van der Waals surface area contributed by atoms with E-state index in [9.17, 15) is 9.18 Å². The molecular formula is C33H35ClFN3O. The molecule has 6 heteroatoms. The summed E-state index contributed by atoms with van der Waals surface area (Å²) in [6, 6.07) is 23.4. The molecule has 1 aliphatic carbocycles. The van der Waals surface area contributed by atoms with Gasteiger partial charge < -0.3 is 14.8 Å². The summed E-state index contributed by atoms with van der Waals surface area (Å²) in [4.78, 5) is 22.2. The van der Waals surface area contributed by atoms with Crippen LogP contribution in [0.1, 0.15) is 54.1 Å². The monoisotopic (exact) mass is 543 g/mol. The molecule has 1 fully saturated rings. The van der Waals surface area contributed by atoms with Crippen molar-refractivity contribution in [2.45, 2.75) is 50.1 Å². The van der Waals surface area contributed by atoms with Crippen LogP contribution in [0.4, 0.5) is 4.39 Å². The van der Waals surface area contributed by atoms with Crippen LogP contribution in [0, 0.1) is 11.7 Å². The molecule has 2 aliphatic rings. The number of hydrogen-bond donors (Lipinski definition) is 1. The largest absolute Gasteiger partial charge is 0.356 e. The van der Waals surface area contributed by atoms with Crippen LogP contribution in [0.3, 0.4) is 0 Å². The Labute approximate surface area is 234 Å². The van der Waals surface area contributed by atoms with Crippen LogP contribution < -0.4 is 0 Å². The van der Waals surface area contributed by atoms with Gasteiger partial charge in [0.2, 0.25) is 5.91 Å². The lowest BCUT2D eigenvalue weighted by Gasteiger charge is -2.52. The second kappa shape index (κ2) is 10.4. The number of aromatic nitrogens is 1. The van der Waals surface area contributed by atoms with Gasteiger partial charge in [-0.15, -0.1) is 0 Å². The first kappa shape index (κ1) is 26.1. The Balaban J connectivity index is 1.34. The Morgan fingerprint density at radius 1 is 1.05 bits per heavy atom. The van der Waals surface area contributed by atoms with E-state index in [1.807, 2.05) is 12.1 Å². The maximum absolute atomic E-state index is 13.9. The number of carbonyl (C=O) groups is 1. The lowest BCUT2D eigenvalue weighted by atomic mass is 9.68. The molecule has 1 aromatic heterocycles. The Bertz CT molecular complexity index is 1470. The highest BCUT2D eigenvalue weighted by Gasteiger charge is 2.49. The van der Waals surface area contributed by atoms with Gasteiger partial charge in [0.15, 0.2) is 0 Å². The van der Waals surface area contributed by atoms with E-state index in [0.29, 0.717) is 12.5 Å². The molecule has 2 heterocycles. The molecular weight excluding hydrogens is 509 g/mol. The summed E-state index contributed by atoms with van der Waals surface area (Å²) in [6.07, 6.45) is 4.97. The molecule has 0 radical (unpaired) electrons. The number of hydrogen-bond acceptors (Lipinski definition) is 2. The fourth-order valence-corrected chi connectivity index (χ4v) is 7.40. The quantitative estimate of drug-likeness (QED) is 0.287. The third kappa shape index (κ3) is 4.76. The predicted octanol–water partition coefficient (Wildman–Crippen LogP) is 7.28. The van der Waals surface area contributed by atoms with Crippen molar-refractivity contribution >= 4 is 28.4 Å². The molecule has 1 saturated carbocycles. The van der Waals surface area contributed by atoms with Gasteiger partial charge in [0, 0.05) is 34.2 Å². The number of nitrogens with one attached hydrogen (secondary N) is 1. The number of fused-ring (bicyclic) bond motifs is 4. The zero-order valence-electron chi connectivity index (χ0n) is 22.6. The van der Waals surface area contributed by atoms with E-state index in [1.165, 1.54) is 34.3 Å². The van der Waals surface area contributed by atoms with Gasteiger partial charge in [-0.1, -0.05) is 54.1 Å². The van der Waals surface area contributed by atoms with Gasteiger partial charge in [0.1, 0.15) is 5.82 Å². The minimum atomic E-state index is -0.364. The highest BCUT2D eigenvalue weighted by Crippen LogP contribution is 2.51. The molecule has 1 spiro atoms. The summed E-state index contributed by atoms with van der Waals surface area (Å²) in [7, 11) is 4.30. The van der Waals surface area contributed by atoms with Crippen molar-refractivity contribution in [2.75, 3.05) is 20.6 Å². The first-order chi connectivity index (χ1) is 18.9. The Hall–Kier alpha value is -3.15. The number of nitrogens with zero attached hydrogens (tertiary/aromatic N) is 2. The van der Waals surface area contributed by atoms with Gasteiger partial charge in [-0.2, -0.15) is 0 Å². The Kier molecular flexibility index (Phi) is 6.98. The number of benzene rings is 3. The first-order valence-electron chi connectivity index (χ1n) is 13.9. The Morgan fingerprint density at radius 3 is 2.44 bits per heavy atom. The average molecular weight is 544 g/mol. The minimum Gasteiger partial charge on any atom is -0.356 e. The van der Waals surface area contributed by atoms with Crippen molar-refractivity contribution in [1.29, 1.82) is 0 Å². The van der Waals surface area contributed by atoms with Crippen LogP contribution in [0.2, 0.25) is 5.02 Å². The van der Waals surface area contributed by atoms with Gasteiger partial charge in [-0.3, -0.25) is 4.79 Å². The molecule has 1 N–H and O–H groups in total. The average Bonchev–Trinajstić information content (AvgIpc) is 3.32. The van der Waals surface area contributed by atoms with Crippen molar-refractivity contribution in [3.8, 4) is 0 Å². The summed E-state index contributed by atoms with van der Waals surface area (Å²) in [6.45, 7) is 0.702. The molecule has 0 bridgehead atoms. The molecule has 1 amide bonds. The molecule has 1 unspecified atom stereocenters. The maximum Gasteiger partial charge on any atom is 0.227 e. The number of para-hydroxylation sites is 1. The first-order valence-corrected chi connectivity index (χ1v) is 14.3. The molecule has 4 aromatic rings. The van der Waals surface area contributed by atoms with Gasteiger partial charge in [0.25, 0.3) is 0 Å². The number of aromatic amines is 1. The van der Waals surface area contributed by atoms with Gasteiger partial charge in [-0.05, 0) is 99.1 Å². The van der Waals surface area contributed by atoms with Gasteiger partial charge >= 0.3 is 0 Å². The van der Waals surface area contributed by atoms with Crippen molar-refractivity contribution in [2.24, 2.45) is 5.92 Å². The summed E-state index contributed by atoms with van der Waals surface area (Å²) >= 11 is 6.20. The van der Waals surface area contributed by atoms with E-state index >= 15 is 0 Å². The van der Waals surface area contributed by atoms with E-state index in [-0.39, 0.29) is 29.7 Å². The fourth-order valence-electron chi connectivity index (χ4n) is 7.27. The zero-order valence-corrected chi connectivity index (χ0v) is 23.3. The van der Waals surface area contributed by atoms with E-state index in [0.717, 1.165) is 48.2 Å². The molecule has 3 aromatic carbocycles. The predicted molar refractivity (Wildman–Crippen MR) is 155 cm³/mol. The van der Waals surface area contributed by atoms with Crippen LogP contribution in [0.25, 0.3) is 10.9 Å². The van der Waals surface area contributed by atoms with E-state index in [1.54, 1.807) is 12.1 Å². The Morgan fingerprint density at radius 2 is 1.74 bits per heavy atom. The highest BCUT2D eigenvalue weighted by atomic mass is 35.5. The molecule has 202 valence electrons. The highest BCUT2D eigenvalue weighted by molar-refractivity contribution is 6.30. The minimum absolute atomic E-state index is 0.117. The van der Waals surface area contributed by atoms with E-state index < -0.39 is 0 Å². The standard InChI is InChI=1S/C33H35ClFN3O/c1-37(2)31(23-9-11-25(34)12-10-23)24-15-18-33(19-16-24)32-28(27-5-3-4-6-29(27)36-32)17-20-38(33)30(39)21-22-7-13-26(35)14-8-22/h3-14,24,31,36H,15-21H2,1-2H3. The fraction of sp³-hybridized carbons (Fsp3) is 0.364. The summed E-state index contributed by atoms with van der Waals surface area (Å²) in [5.74, 6) is 0.305.